The number of methoxy groups -OCH3 is 1. The van der Waals surface area contributed by atoms with E-state index in [0.29, 0.717) is 12.8 Å². The number of furan rings is 1. The second kappa shape index (κ2) is 8.62. The van der Waals surface area contributed by atoms with Crippen molar-refractivity contribution in [1.29, 1.82) is 0 Å². The molecule has 0 aliphatic carbocycles. The summed E-state index contributed by atoms with van der Waals surface area (Å²) in [6.07, 6.45) is 3.00. The smallest absolute Gasteiger partial charge is 0.433 e. The van der Waals surface area contributed by atoms with Gasteiger partial charge in [0.05, 0.1) is 19.4 Å². The second-order valence-corrected chi connectivity index (χ2v) is 5.37. The summed E-state index contributed by atoms with van der Waals surface area (Å²) in [4.78, 5) is 21.6. The molecule has 2 aromatic rings. The molecule has 1 aromatic carbocycles. The molecular formula is C17H19N3O5. The molecule has 1 heterocycles. The minimum absolute atomic E-state index is 0.195. The number of amides is 1. The SMILES string of the molecule is COc1ccc(CCCC(=O)N/N=C\c2ccc([N+](=O)[O-])o2)c(C)c1. The highest BCUT2D eigenvalue weighted by Crippen LogP contribution is 2.18. The Labute approximate surface area is 144 Å². The van der Waals surface area contributed by atoms with E-state index in [1.165, 1.54) is 23.9 Å². The van der Waals surface area contributed by atoms with Crippen LogP contribution in [0.15, 0.2) is 39.9 Å². The van der Waals surface area contributed by atoms with Gasteiger partial charge in [-0.25, -0.2) is 5.43 Å². The highest BCUT2D eigenvalue weighted by Gasteiger charge is 2.10. The van der Waals surface area contributed by atoms with Gasteiger partial charge in [0.1, 0.15) is 10.7 Å². The van der Waals surface area contributed by atoms with Gasteiger partial charge in [0.15, 0.2) is 5.76 Å². The molecule has 25 heavy (non-hydrogen) atoms. The summed E-state index contributed by atoms with van der Waals surface area (Å²) in [6, 6.07) is 8.48. The summed E-state index contributed by atoms with van der Waals surface area (Å²) in [7, 11) is 1.63. The normalized spacial score (nSPS) is 10.8. The lowest BCUT2D eigenvalue weighted by Gasteiger charge is -2.07. The lowest BCUT2D eigenvalue weighted by Crippen LogP contribution is -2.17. The van der Waals surface area contributed by atoms with Crippen LogP contribution >= 0.6 is 0 Å². The fraction of sp³-hybridized carbons (Fsp3) is 0.294. The molecule has 8 nitrogen and oxygen atoms in total. The summed E-state index contributed by atoms with van der Waals surface area (Å²) in [5.41, 5.74) is 4.66. The Kier molecular flexibility index (Phi) is 6.27. The topological polar surface area (TPSA) is 107 Å². The minimum atomic E-state index is -0.642. The van der Waals surface area contributed by atoms with E-state index in [0.717, 1.165) is 17.7 Å². The van der Waals surface area contributed by atoms with Crippen molar-refractivity contribution in [1.82, 2.24) is 5.43 Å². The van der Waals surface area contributed by atoms with Crippen LogP contribution in [0.2, 0.25) is 0 Å². The maximum absolute atomic E-state index is 11.7. The number of carbonyl (C=O) groups excluding carboxylic acids is 1. The first-order valence-electron chi connectivity index (χ1n) is 7.69. The molecule has 0 aliphatic heterocycles. The Morgan fingerprint density at radius 1 is 1.40 bits per heavy atom. The quantitative estimate of drug-likeness (QED) is 0.449. The number of hydrazone groups is 1. The summed E-state index contributed by atoms with van der Waals surface area (Å²) >= 11 is 0. The third-order valence-corrected chi connectivity index (χ3v) is 3.57. The van der Waals surface area contributed by atoms with Crippen molar-refractivity contribution in [3.63, 3.8) is 0 Å². The molecule has 1 aromatic heterocycles. The minimum Gasteiger partial charge on any atom is -0.497 e. The molecule has 1 N–H and O–H groups in total. The number of ether oxygens (including phenoxy) is 1. The standard InChI is InChI=1S/C17H19N3O5/c1-12-10-14(24-2)7-6-13(12)4-3-5-16(21)19-18-11-15-8-9-17(25-15)20(22)23/h6-11H,3-5H2,1-2H3,(H,19,21)/b18-11-. The van der Waals surface area contributed by atoms with Crippen LogP contribution in [0, 0.1) is 17.0 Å². The molecule has 8 heteroatoms. The van der Waals surface area contributed by atoms with Gasteiger partial charge >= 0.3 is 5.88 Å². The van der Waals surface area contributed by atoms with E-state index in [1.807, 2.05) is 25.1 Å². The molecule has 0 spiro atoms. The number of rotatable bonds is 8. The molecule has 0 radical (unpaired) electrons. The molecule has 0 fully saturated rings. The van der Waals surface area contributed by atoms with E-state index in [4.69, 9.17) is 9.15 Å². The zero-order chi connectivity index (χ0) is 18.2. The zero-order valence-corrected chi connectivity index (χ0v) is 14.0. The van der Waals surface area contributed by atoms with Crippen LogP contribution < -0.4 is 10.2 Å². The number of nitrogens with one attached hydrogen (secondary N) is 1. The van der Waals surface area contributed by atoms with Crippen LogP contribution in [-0.2, 0) is 11.2 Å². The van der Waals surface area contributed by atoms with Gasteiger partial charge < -0.3 is 9.15 Å². The first-order valence-corrected chi connectivity index (χ1v) is 7.69. The first-order chi connectivity index (χ1) is 12.0. The van der Waals surface area contributed by atoms with Crippen LogP contribution in [-0.4, -0.2) is 24.2 Å². The Morgan fingerprint density at radius 2 is 2.20 bits per heavy atom. The Morgan fingerprint density at radius 3 is 2.84 bits per heavy atom. The summed E-state index contributed by atoms with van der Waals surface area (Å²) < 4.78 is 10.1. The van der Waals surface area contributed by atoms with Gasteiger partial charge in [0.2, 0.25) is 5.91 Å². The molecule has 1 amide bonds. The lowest BCUT2D eigenvalue weighted by atomic mass is 10.0. The molecule has 0 bridgehead atoms. The van der Waals surface area contributed by atoms with Gasteiger partial charge in [0, 0.05) is 6.42 Å². The van der Waals surface area contributed by atoms with Crippen molar-refractivity contribution < 1.29 is 18.9 Å². The van der Waals surface area contributed by atoms with Crippen molar-refractivity contribution in [3.8, 4) is 5.75 Å². The monoisotopic (exact) mass is 345 g/mol. The maximum Gasteiger partial charge on any atom is 0.433 e. The fourth-order valence-corrected chi connectivity index (χ4v) is 2.25. The van der Waals surface area contributed by atoms with Gasteiger partial charge in [0.25, 0.3) is 0 Å². The average molecular weight is 345 g/mol. The Hall–Kier alpha value is -3.16. The van der Waals surface area contributed by atoms with E-state index >= 15 is 0 Å². The van der Waals surface area contributed by atoms with Gasteiger partial charge in [-0.05, 0) is 49.1 Å². The predicted molar refractivity (Wildman–Crippen MR) is 91.8 cm³/mol. The third kappa shape index (κ3) is 5.45. The van der Waals surface area contributed by atoms with E-state index in [2.05, 4.69) is 10.5 Å². The van der Waals surface area contributed by atoms with Gasteiger partial charge in [-0.2, -0.15) is 5.10 Å². The predicted octanol–water partition coefficient (Wildman–Crippen LogP) is 2.98. The van der Waals surface area contributed by atoms with Crippen LogP contribution in [0.1, 0.15) is 29.7 Å². The number of nitro groups is 1. The Balaban J connectivity index is 1.75. The maximum atomic E-state index is 11.7. The van der Waals surface area contributed by atoms with Crippen molar-refractivity contribution >= 4 is 18.0 Å². The van der Waals surface area contributed by atoms with Crippen molar-refractivity contribution in [2.24, 2.45) is 5.10 Å². The average Bonchev–Trinajstić information content (AvgIpc) is 3.05. The summed E-state index contributed by atoms with van der Waals surface area (Å²) in [5.74, 6) is 0.401. The van der Waals surface area contributed by atoms with Gasteiger partial charge in [-0.3, -0.25) is 14.9 Å². The third-order valence-electron chi connectivity index (χ3n) is 3.57. The van der Waals surface area contributed by atoms with E-state index < -0.39 is 4.92 Å². The number of hydrogen-bond donors (Lipinski definition) is 1. The van der Waals surface area contributed by atoms with Crippen molar-refractivity contribution in [2.75, 3.05) is 7.11 Å². The zero-order valence-electron chi connectivity index (χ0n) is 14.0. The largest absolute Gasteiger partial charge is 0.497 e. The molecular weight excluding hydrogens is 326 g/mol. The molecule has 0 unspecified atom stereocenters. The van der Waals surface area contributed by atoms with Crippen LogP contribution in [0.3, 0.4) is 0 Å². The molecule has 132 valence electrons. The fourth-order valence-electron chi connectivity index (χ4n) is 2.25. The van der Waals surface area contributed by atoms with Gasteiger partial charge in [-0.15, -0.1) is 0 Å². The molecule has 0 atom stereocenters. The van der Waals surface area contributed by atoms with Crippen molar-refractivity contribution in [3.05, 3.63) is 57.3 Å². The van der Waals surface area contributed by atoms with E-state index in [-0.39, 0.29) is 17.6 Å². The van der Waals surface area contributed by atoms with Crippen LogP contribution in [0.5, 0.6) is 5.75 Å². The second-order valence-electron chi connectivity index (χ2n) is 5.37. The highest BCUT2D eigenvalue weighted by atomic mass is 16.6. The van der Waals surface area contributed by atoms with Crippen LogP contribution in [0.25, 0.3) is 0 Å². The molecule has 0 saturated carbocycles. The number of carbonyl (C=O) groups is 1. The first kappa shape index (κ1) is 18.2. The number of benzene rings is 1. The molecule has 0 saturated heterocycles. The Bertz CT molecular complexity index is 782. The molecule has 2 rings (SSSR count). The van der Waals surface area contributed by atoms with Crippen molar-refractivity contribution in [2.45, 2.75) is 26.2 Å². The van der Waals surface area contributed by atoms with E-state index in [1.54, 1.807) is 7.11 Å². The summed E-state index contributed by atoms with van der Waals surface area (Å²) in [6.45, 7) is 2.00. The number of aryl methyl sites for hydroxylation is 2. The number of hydrogen-bond acceptors (Lipinski definition) is 6. The highest BCUT2D eigenvalue weighted by molar-refractivity contribution is 5.80. The number of nitrogens with zero attached hydrogens (tertiary/aromatic N) is 2. The molecule has 0 aliphatic rings. The van der Waals surface area contributed by atoms with E-state index in [9.17, 15) is 14.9 Å². The van der Waals surface area contributed by atoms with Crippen LogP contribution in [0.4, 0.5) is 5.88 Å². The van der Waals surface area contributed by atoms with Gasteiger partial charge in [-0.1, -0.05) is 6.07 Å². The summed E-state index contributed by atoms with van der Waals surface area (Å²) in [5, 5.41) is 14.2. The lowest BCUT2D eigenvalue weighted by molar-refractivity contribution is -0.402.